The zero-order chi connectivity index (χ0) is 11.6. The van der Waals surface area contributed by atoms with Crippen LogP contribution >= 0.6 is 15.9 Å². The summed E-state index contributed by atoms with van der Waals surface area (Å²) in [4.78, 5) is 0. The summed E-state index contributed by atoms with van der Waals surface area (Å²) in [6.07, 6.45) is 0.445. The largest absolute Gasteiger partial charge is 0.506 e. The number of aromatic hydroxyl groups is 1. The normalized spacial score (nSPS) is 12.5. The van der Waals surface area contributed by atoms with Crippen molar-refractivity contribution in [3.8, 4) is 5.75 Å². The molecule has 0 radical (unpaired) electrons. The van der Waals surface area contributed by atoms with E-state index >= 15 is 0 Å². The number of hydrogen-bond acceptors (Lipinski definition) is 2. The number of phenolic OH excluding ortho intramolecular Hbond substituents is 1. The highest BCUT2D eigenvalue weighted by Crippen LogP contribution is 2.34. The van der Waals surface area contributed by atoms with Gasteiger partial charge in [0, 0.05) is 11.6 Å². The number of phenols is 1. The Balaban J connectivity index is 3.12. The molecule has 1 rings (SSSR count). The summed E-state index contributed by atoms with van der Waals surface area (Å²) in [6, 6.07) is 2.15. The van der Waals surface area contributed by atoms with Crippen LogP contribution in [0.15, 0.2) is 28.8 Å². The summed E-state index contributed by atoms with van der Waals surface area (Å²) in [6.45, 7) is 5.52. The molecule has 1 atom stereocenters. The Labute approximate surface area is 96.7 Å². The lowest BCUT2D eigenvalue weighted by Crippen LogP contribution is -2.12. The standard InChI is InChI=1S/C11H13BrFNO/c1-6(2)5-9(14)10-8(13)4-3-7(12)11(10)15/h3-4,9,15H,1,5,14H2,2H3/t9-/m1/s1. The fourth-order valence-corrected chi connectivity index (χ4v) is 1.73. The van der Waals surface area contributed by atoms with Crippen LogP contribution in [0.2, 0.25) is 0 Å². The van der Waals surface area contributed by atoms with E-state index in [1.54, 1.807) is 0 Å². The Morgan fingerprint density at radius 1 is 1.67 bits per heavy atom. The molecule has 0 unspecified atom stereocenters. The molecule has 15 heavy (non-hydrogen) atoms. The Morgan fingerprint density at radius 3 is 2.80 bits per heavy atom. The third-order valence-corrected chi connectivity index (χ3v) is 2.69. The molecular formula is C11H13BrFNO. The SMILES string of the molecule is C=C(C)C[C@@H](N)c1c(F)ccc(Br)c1O. The first kappa shape index (κ1) is 12.2. The molecule has 4 heteroatoms. The lowest BCUT2D eigenvalue weighted by atomic mass is 10.00. The molecule has 0 bridgehead atoms. The molecule has 82 valence electrons. The molecule has 0 aliphatic rings. The minimum atomic E-state index is -0.569. The van der Waals surface area contributed by atoms with Crippen LogP contribution in [0.3, 0.4) is 0 Å². The first-order valence-electron chi connectivity index (χ1n) is 4.50. The molecule has 0 aliphatic carbocycles. The van der Waals surface area contributed by atoms with E-state index in [1.807, 2.05) is 6.92 Å². The van der Waals surface area contributed by atoms with E-state index in [-0.39, 0.29) is 11.3 Å². The zero-order valence-electron chi connectivity index (χ0n) is 8.43. The van der Waals surface area contributed by atoms with Crippen molar-refractivity contribution in [2.24, 2.45) is 5.73 Å². The first-order valence-corrected chi connectivity index (χ1v) is 5.29. The maximum Gasteiger partial charge on any atom is 0.137 e. The fraction of sp³-hybridized carbons (Fsp3) is 0.273. The summed E-state index contributed by atoms with van der Waals surface area (Å²) in [5.74, 6) is -0.631. The van der Waals surface area contributed by atoms with Gasteiger partial charge in [0.2, 0.25) is 0 Å². The number of hydrogen-bond donors (Lipinski definition) is 2. The van der Waals surface area contributed by atoms with Gasteiger partial charge in [-0.15, -0.1) is 6.58 Å². The molecule has 0 fully saturated rings. The summed E-state index contributed by atoms with van der Waals surface area (Å²) in [5.41, 5.74) is 6.77. The van der Waals surface area contributed by atoms with E-state index in [0.717, 1.165) is 5.57 Å². The second-order valence-electron chi connectivity index (χ2n) is 3.56. The monoisotopic (exact) mass is 273 g/mol. The Morgan fingerprint density at radius 2 is 2.27 bits per heavy atom. The summed E-state index contributed by atoms with van der Waals surface area (Å²) in [7, 11) is 0. The van der Waals surface area contributed by atoms with Crippen molar-refractivity contribution in [1.29, 1.82) is 0 Å². The maximum absolute atomic E-state index is 13.4. The molecule has 0 amide bonds. The third kappa shape index (κ3) is 2.79. The van der Waals surface area contributed by atoms with Crippen LogP contribution in [0.5, 0.6) is 5.75 Å². The van der Waals surface area contributed by atoms with Gasteiger partial charge in [0.1, 0.15) is 11.6 Å². The van der Waals surface area contributed by atoms with E-state index in [2.05, 4.69) is 22.5 Å². The van der Waals surface area contributed by atoms with Crippen LogP contribution < -0.4 is 5.73 Å². The van der Waals surface area contributed by atoms with E-state index in [4.69, 9.17) is 5.73 Å². The van der Waals surface area contributed by atoms with E-state index in [0.29, 0.717) is 10.9 Å². The molecule has 0 saturated heterocycles. The summed E-state index contributed by atoms with van der Waals surface area (Å²) in [5, 5.41) is 9.67. The predicted molar refractivity (Wildman–Crippen MR) is 62.1 cm³/mol. The number of nitrogens with two attached hydrogens (primary N) is 1. The molecule has 0 heterocycles. The molecule has 2 nitrogen and oxygen atoms in total. The lowest BCUT2D eigenvalue weighted by molar-refractivity contribution is 0.445. The molecule has 0 saturated carbocycles. The zero-order valence-corrected chi connectivity index (χ0v) is 10.0. The quantitative estimate of drug-likeness (QED) is 0.831. The van der Waals surface area contributed by atoms with Crippen molar-refractivity contribution < 1.29 is 9.50 Å². The average molecular weight is 274 g/mol. The first-order chi connectivity index (χ1) is 6.93. The molecule has 1 aromatic rings. The van der Waals surface area contributed by atoms with Gasteiger partial charge in [-0.3, -0.25) is 0 Å². The van der Waals surface area contributed by atoms with Crippen molar-refractivity contribution in [3.05, 3.63) is 40.1 Å². The highest BCUT2D eigenvalue weighted by atomic mass is 79.9. The number of benzene rings is 1. The average Bonchev–Trinajstić information content (AvgIpc) is 2.11. The van der Waals surface area contributed by atoms with Crippen molar-refractivity contribution in [1.82, 2.24) is 0 Å². The Hall–Kier alpha value is -0.870. The fourth-order valence-electron chi connectivity index (χ4n) is 1.39. The van der Waals surface area contributed by atoms with Crippen LogP contribution in [-0.4, -0.2) is 5.11 Å². The van der Waals surface area contributed by atoms with Gasteiger partial charge in [-0.05, 0) is 41.4 Å². The second kappa shape index (κ2) is 4.77. The highest BCUT2D eigenvalue weighted by molar-refractivity contribution is 9.10. The molecule has 0 aromatic heterocycles. The third-order valence-electron chi connectivity index (χ3n) is 2.05. The van der Waals surface area contributed by atoms with Gasteiger partial charge >= 0.3 is 0 Å². The maximum atomic E-state index is 13.4. The van der Waals surface area contributed by atoms with E-state index < -0.39 is 11.9 Å². The van der Waals surface area contributed by atoms with E-state index in [9.17, 15) is 9.50 Å². The lowest BCUT2D eigenvalue weighted by Gasteiger charge is -2.15. The number of halogens is 2. The van der Waals surface area contributed by atoms with Gasteiger partial charge in [-0.25, -0.2) is 4.39 Å². The van der Waals surface area contributed by atoms with Crippen LogP contribution in [0, 0.1) is 5.82 Å². The van der Waals surface area contributed by atoms with Crippen LogP contribution in [0.1, 0.15) is 24.9 Å². The Kier molecular flexibility index (Phi) is 3.88. The van der Waals surface area contributed by atoms with Crippen LogP contribution in [-0.2, 0) is 0 Å². The summed E-state index contributed by atoms with van der Waals surface area (Å²) < 4.78 is 13.9. The summed E-state index contributed by atoms with van der Waals surface area (Å²) >= 11 is 3.12. The Bertz CT molecular complexity index is 392. The van der Waals surface area contributed by atoms with Gasteiger partial charge in [-0.2, -0.15) is 0 Å². The minimum absolute atomic E-state index is 0.132. The second-order valence-corrected chi connectivity index (χ2v) is 4.41. The smallest absolute Gasteiger partial charge is 0.137 e. The van der Waals surface area contributed by atoms with Crippen molar-refractivity contribution >= 4 is 15.9 Å². The minimum Gasteiger partial charge on any atom is -0.506 e. The molecule has 3 N–H and O–H groups in total. The van der Waals surface area contributed by atoms with Crippen LogP contribution in [0.25, 0.3) is 0 Å². The molecule has 0 spiro atoms. The van der Waals surface area contributed by atoms with E-state index in [1.165, 1.54) is 12.1 Å². The van der Waals surface area contributed by atoms with Gasteiger partial charge in [0.05, 0.1) is 4.47 Å². The number of rotatable bonds is 3. The molecule has 0 aliphatic heterocycles. The van der Waals surface area contributed by atoms with Gasteiger partial charge < -0.3 is 10.8 Å². The van der Waals surface area contributed by atoms with Crippen molar-refractivity contribution in [3.63, 3.8) is 0 Å². The highest BCUT2D eigenvalue weighted by Gasteiger charge is 2.18. The van der Waals surface area contributed by atoms with Gasteiger partial charge in [0.25, 0.3) is 0 Å². The molecular weight excluding hydrogens is 261 g/mol. The topological polar surface area (TPSA) is 46.2 Å². The molecule has 1 aromatic carbocycles. The van der Waals surface area contributed by atoms with Gasteiger partial charge in [-0.1, -0.05) is 5.57 Å². The van der Waals surface area contributed by atoms with Crippen molar-refractivity contribution in [2.45, 2.75) is 19.4 Å². The van der Waals surface area contributed by atoms with Gasteiger partial charge in [0.15, 0.2) is 0 Å². The van der Waals surface area contributed by atoms with Crippen molar-refractivity contribution in [2.75, 3.05) is 0 Å². The van der Waals surface area contributed by atoms with Crippen LogP contribution in [0.4, 0.5) is 4.39 Å². The predicted octanol–water partition coefficient (Wildman–Crippen LogP) is 3.26.